The predicted molar refractivity (Wildman–Crippen MR) is 87.1 cm³/mol. The van der Waals surface area contributed by atoms with Crippen LogP contribution in [-0.4, -0.2) is 24.0 Å². The van der Waals surface area contributed by atoms with E-state index in [1.54, 1.807) is 0 Å². The first-order valence-corrected chi connectivity index (χ1v) is 7.93. The average Bonchev–Trinajstić information content (AvgIpc) is 2.85. The SMILES string of the molecule is CC1CCN(C2c3ccccc3-c3ccccc32)CC1N. The summed E-state index contributed by atoms with van der Waals surface area (Å²) in [7, 11) is 0. The highest BCUT2D eigenvalue weighted by molar-refractivity contribution is 5.78. The quantitative estimate of drug-likeness (QED) is 0.866. The summed E-state index contributed by atoms with van der Waals surface area (Å²) in [6, 6.07) is 18.3. The summed E-state index contributed by atoms with van der Waals surface area (Å²) in [5.41, 5.74) is 12.0. The van der Waals surface area contributed by atoms with Gasteiger partial charge in [0.25, 0.3) is 0 Å². The molecule has 2 nitrogen and oxygen atoms in total. The molecule has 0 spiro atoms. The molecule has 2 unspecified atom stereocenters. The first-order chi connectivity index (χ1) is 10.3. The van der Waals surface area contributed by atoms with E-state index in [9.17, 15) is 0 Å². The summed E-state index contributed by atoms with van der Waals surface area (Å²) < 4.78 is 0. The molecule has 1 heterocycles. The summed E-state index contributed by atoms with van der Waals surface area (Å²) in [5.74, 6) is 0.633. The van der Waals surface area contributed by atoms with Crippen LogP contribution in [0.25, 0.3) is 11.1 Å². The zero-order chi connectivity index (χ0) is 14.4. The number of rotatable bonds is 1. The minimum Gasteiger partial charge on any atom is -0.326 e. The predicted octanol–water partition coefficient (Wildman–Crippen LogP) is 3.43. The first-order valence-electron chi connectivity index (χ1n) is 7.93. The number of nitrogens with zero attached hydrogens (tertiary/aromatic N) is 1. The lowest BCUT2D eigenvalue weighted by atomic mass is 9.91. The Labute approximate surface area is 126 Å². The van der Waals surface area contributed by atoms with Crippen LogP contribution in [0.3, 0.4) is 0 Å². The van der Waals surface area contributed by atoms with E-state index in [1.165, 1.54) is 28.7 Å². The van der Waals surface area contributed by atoms with Crippen molar-refractivity contribution < 1.29 is 0 Å². The van der Waals surface area contributed by atoms with Gasteiger partial charge in [-0.15, -0.1) is 0 Å². The van der Waals surface area contributed by atoms with Crippen molar-refractivity contribution in [3.63, 3.8) is 0 Å². The van der Waals surface area contributed by atoms with E-state index in [0.717, 1.165) is 13.1 Å². The van der Waals surface area contributed by atoms with Crippen LogP contribution < -0.4 is 5.73 Å². The lowest BCUT2D eigenvalue weighted by Gasteiger charge is -2.39. The van der Waals surface area contributed by atoms with Crippen LogP contribution in [0, 0.1) is 5.92 Å². The Kier molecular flexibility index (Phi) is 3.09. The summed E-state index contributed by atoms with van der Waals surface area (Å²) in [4.78, 5) is 2.58. The number of benzene rings is 2. The van der Waals surface area contributed by atoms with Crippen molar-refractivity contribution >= 4 is 0 Å². The van der Waals surface area contributed by atoms with Crippen LogP contribution in [0.5, 0.6) is 0 Å². The highest BCUT2D eigenvalue weighted by atomic mass is 15.2. The zero-order valence-corrected chi connectivity index (χ0v) is 12.5. The average molecular weight is 278 g/mol. The molecule has 2 N–H and O–H groups in total. The van der Waals surface area contributed by atoms with E-state index in [0.29, 0.717) is 18.0 Å². The van der Waals surface area contributed by atoms with Gasteiger partial charge in [-0.1, -0.05) is 55.5 Å². The maximum absolute atomic E-state index is 6.33. The number of hydrogen-bond donors (Lipinski definition) is 1. The van der Waals surface area contributed by atoms with Gasteiger partial charge in [-0.3, -0.25) is 4.90 Å². The molecule has 2 aliphatic rings. The van der Waals surface area contributed by atoms with Crippen molar-refractivity contribution in [2.45, 2.75) is 25.4 Å². The van der Waals surface area contributed by atoms with E-state index in [2.05, 4.69) is 60.4 Å². The summed E-state index contributed by atoms with van der Waals surface area (Å²) >= 11 is 0. The minimum absolute atomic E-state index is 0.290. The highest BCUT2D eigenvalue weighted by Crippen LogP contribution is 2.46. The van der Waals surface area contributed by atoms with E-state index < -0.39 is 0 Å². The molecule has 2 heteroatoms. The molecule has 2 atom stereocenters. The number of fused-ring (bicyclic) bond motifs is 3. The van der Waals surface area contributed by atoms with Gasteiger partial charge in [0.2, 0.25) is 0 Å². The highest BCUT2D eigenvalue weighted by Gasteiger charge is 2.35. The second-order valence-electron chi connectivity index (χ2n) is 6.50. The topological polar surface area (TPSA) is 29.3 Å². The number of nitrogens with two attached hydrogens (primary N) is 1. The second kappa shape index (κ2) is 4.97. The maximum Gasteiger partial charge on any atom is 0.0614 e. The van der Waals surface area contributed by atoms with Gasteiger partial charge in [0.05, 0.1) is 6.04 Å². The Balaban J connectivity index is 1.78. The third-order valence-electron chi connectivity index (χ3n) is 5.21. The van der Waals surface area contributed by atoms with Gasteiger partial charge in [0, 0.05) is 12.6 Å². The molecule has 1 aliphatic carbocycles. The fourth-order valence-electron chi connectivity index (χ4n) is 3.88. The molecule has 2 aromatic carbocycles. The molecular formula is C19H22N2. The van der Waals surface area contributed by atoms with Crippen LogP contribution in [0.15, 0.2) is 48.5 Å². The molecule has 4 rings (SSSR count). The third kappa shape index (κ3) is 2.02. The van der Waals surface area contributed by atoms with Gasteiger partial charge >= 0.3 is 0 Å². The van der Waals surface area contributed by atoms with Gasteiger partial charge in [-0.25, -0.2) is 0 Å². The van der Waals surface area contributed by atoms with Crippen molar-refractivity contribution in [3.8, 4) is 11.1 Å². The van der Waals surface area contributed by atoms with Crippen LogP contribution in [-0.2, 0) is 0 Å². The minimum atomic E-state index is 0.290. The summed E-state index contributed by atoms with van der Waals surface area (Å²) in [5, 5.41) is 0. The Morgan fingerprint density at radius 3 is 2.10 bits per heavy atom. The lowest BCUT2D eigenvalue weighted by Crippen LogP contribution is -2.48. The maximum atomic E-state index is 6.33. The summed E-state index contributed by atoms with van der Waals surface area (Å²) in [6.07, 6.45) is 1.20. The largest absolute Gasteiger partial charge is 0.326 e. The van der Waals surface area contributed by atoms with Gasteiger partial charge < -0.3 is 5.73 Å². The van der Waals surface area contributed by atoms with Crippen molar-refractivity contribution in [2.75, 3.05) is 13.1 Å². The van der Waals surface area contributed by atoms with E-state index >= 15 is 0 Å². The van der Waals surface area contributed by atoms with Gasteiger partial charge in [-0.2, -0.15) is 0 Å². The Morgan fingerprint density at radius 2 is 1.52 bits per heavy atom. The van der Waals surface area contributed by atoms with Crippen LogP contribution in [0.4, 0.5) is 0 Å². The van der Waals surface area contributed by atoms with Crippen molar-refractivity contribution in [1.29, 1.82) is 0 Å². The van der Waals surface area contributed by atoms with Crippen LogP contribution >= 0.6 is 0 Å². The Hall–Kier alpha value is -1.64. The molecule has 21 heavy (non-hydrogen) atoms. The molecule has 1 aliphatic heterocycles. The molecule has 0 aromatic heterocycles. The molecule has 1 fully saturated rings. The third-order valence-corrected chi connectivity index (χ3v) is 5.21. The molecular weight excluding hydrogens is 256 g/mol. The normalized spacial score (nSPS) is 25.6. The number of likely N-dealkylation sites (tertiary alicyclic amines) is 1. The standard InChI is InChI=1S/C19H22N2/c1-13-10-11-21(12-18(13)20)19-16-8-4-2-6-14(16)15-7-3-5-9-17(15)19/h2-9,13,18-19H,10-12,20H2,1H3. The van der Waals surface area contributed by atoms with E-state index in [4.69, 9.17) is 5.73 Å². The Bertz CT molecular complexity index is 619. The summed E-state index contributed by atoms with van der Waals surface area (Å²) in [6.45, 7) is 4.41. The van der Waals surface area contributed by atoms with Gasteiger partial charge in [-0.05, 0) is 41.1 Å². The lowest BCUT2D eigenvalue weighted by molar-refractivity contribution is 0.140. The molecule has 1 saturated heterocycles. The number of piperidine rings is 1. The fraction of sp³-hybridized carbons (Fsp3) is 0.368. The van der Waals surface area contributed by atoms with Crippen molar-refractivity contribution in [2.24, 2.45) is 11.7 Å². The van der Waals surface area contributed by atoms with E-state index in [-0.39, 0.29) is 0 Å². The van der Waals surface area contributed by atoms with Crippen molar-refractivity contribution in [1.82, 2.24) is 4.90 Å². The molecule has 0 amide bonds. The van der Waals surface area contributed by atoms with Crippen LogP contribution in [0.2, 0.25) is 0 Å². The second-order valence-corrected chi connectivity index (χ2v) is 6.50. The Morgan fingerprint density at radius 1 is 0.952 bits per heavy atom. The van der Waals surface area contributed by atoms with Gasteiger partial charge in [0.15, 0.2) is 0 Å². The van der Waals surface area contributed by atoms with Crippen molar-refractivity contribution in [3.05, 3.63) is 59.7 Å². The molecule has 108 valence electrons. The molecule has 0 bridgehead atoms. The zero-order valence-electron chi connectivity index (χ0n) is 12.5. The molecule has 0 radical (unpaired) electrons. The number of hydrogen-bond acceptors (Lipinski definition) is 2. The fourth-order valence-corrected chi connectivity index (χ4v) is 3.88. The monoisotopic (exact) mass is 278 g/mol. The molecule has 2 aromatic rings. The smallest absolute Gasteiger partial charge is 0.0614 e. The first kappa shape index (κ1) is 13.1. The molecule has 0 saturated carbocycles. The van der Waals surface area contributed by atoms with Gasteiger partial charge in [0.1, 0.15) is 0 Å². The van der Waals surface area contributed by atoms with E-state index in [1.807, 2.05) is 0 Å². The van der Waals surface area contributed by atoms with Crippen LogP contribution in [0.1, 0.15) is 30.5 Å².